The second-order valence-electron chi connectivity index (χ2n) is 5.90. The molecule has 2 rings (SSSR count). The number of rotatable bonds is 5. The van der Waals surface area contributed by atoms with Crippen LogP contribution in [0.3, 0.4) is 0 Å². The molecule has 20 heavy (non-hydrogen) atoms. The molecular weight excluding hydrogens is 262 g/mol. The molecule has 2 aliphatic rings. The van der Waals surface area contributed by atoms with E-state index >= 15 is 0 Å². The first kappa shape index (κ1) is 15.3. The van der Waals surface area contributed by atoms with Gasteiger partial charge in [0.05, 0.1) is 6.10 Å². The van der Waals surface area contributed by atoms with Gasteiger partial charge < -0.3 is 19.9 Å². The van der Waals surface area contributed by atoms with E-state index in [9.17, 15) is 9.59 Å². The Labute approximate surface area is 118 Å². The molecule has 0 radical (unpaired) electrons. The molecule has 2 N–H and O–H groups in total. The van der Waals surface area contributed by atoms with Gasteiger partial charge in [-0.1, -0.05) is 13.8 Å². The van der Waals surface area contributed by atoms with E-state index in [1.165, 1.54) is 0 Å². The van der Waals surface area contributed by atoms with Crippen LogP contribution in [0.1, 0.15) is 33.1 Å². The summed E-state index contributed by atoms with van der Waals surface area (Å²) in [6, 6.07) is 0. The summed E-state index contributed by atoms with van der Waals surface area (Å²) in [5, 5.41) is 11.7. The molecule has 0 aromatic heterocycles. The lowest BCUT2D eigenvalue weighted by molar-refractivity contribution is -0.151. The van der Waals surface area contributed by atoms with Crippen LogP contribution in [0, 0.1) is 11.8 Å². The lowest BCUT2D eigenvalue weighted by atomic mass is 9.93. The van der Waals surface area contributed by atoms with Crippen molar-refractivity contribution in [2.24, 2.45) is 11.8 Å². The molecule has 6 nitrogen and oxygen atoms in total. The predicted octanol–water partition coefficient (Wildman–Crippen LogP) is 0.796. The summed E-state index contributed by atoms with van der Waals surface area (Å²) in [5.74, 6) is -0.443. The van der Waals surface area contributed by atoms with Gasteiger partial charge in [-0.25, -0.2) is 4.79 Å². The number of aliphatic carboxylic acids is 1. The average Bonchev–Trinajstić information content (AvgIpc) is 3.04. The zero-order chi connectivity index (χ0) is 14.7. The summed E-state index contributed by atoms with van der Waals surface area (Å²) in [5.41, 5.74) is 0. The maximum absolute atomic E-state index is 12.0. The molecule has 0 spiro atoms. The van der Waals surface area contributed by atoms with Crippen molar-refractivity contribution < 1.29 is 24.2 Å². The minimum absolute atomic E-state index is 0.187. The van der Waals surface area contributed by atoms with Crippen molar-refractivity contribution in [1.82, 2.24) is 5.32 Å². The first-order valence-corrected chi connectivity index (χ1v) is 7.26. The maximum Gasteiger partial charge on any atom is 0.332 e. The van der Waals surface area contributed by atoms with E-state index < -0.39 is 18.2 Å². The summed E-state index contributed by atoms with van der Waals surface area (Å²) < 4.78 is 10.9. The number of hydrogen-bond acceptors (Lipinski definition) is 4. The van der Waals surface area contributed by atoms with Crippen LogP contribution in [0.25, 0.3) is 0 Å². The van der Waals surface area contributed by atoms with Gasteiger partial charge in [-0.3, -0.25) is 4.79 Å². The average molecular weight is 285 g/mol. The van der Waals surface area contributed by atoms with Crippen molar-refractivity contribution in [3.63, 3.8) is 0 Å². The molecule has 2 fully saturated rings. The SMILES string of the molecule is CC(C)C1OCCC1CNC(=O)[C@@H]1CC[C@H](C(=O)O)O1. The summed E-state index contributed by atoms with van der Waals surface area (Å²) in [6.45, 7) is 5.54. The second kappa shape index (κ2) is 6.54. The summed E-state index contributed by atoms with van der Waals surface area (Å²) >= 11 is 0. The van der Waals surface area contributed by atoms with Crippen molar-refractivity contribution in [3.05, 3.63) is 0 Å². The van der Waals surface area contributed by atoms with Crippen LogP contribution in [-0.4, -0.2) is 48.4 Å². The Kier molecular flexibility index (Phi) is 4.99. The Balaban J connectivity index is 1.77. The minimum Gasteiger partial charge on any atom is -0.479 e. The molecule has 1 amide bonds. The van der Waals surface area contributed by atoms with Gasteiger partial charge in [0, 0.05) is 19.1 Å². The van der Waals surface area contributed by atoms with Gasteiger partial charge in [0.2, 0.25) is 5.91 Å². The molecule has 0 bridgehead atoms. The molecule has 0 aromatic rings. The molecule has 6 heteroatoms. The van der Waals surface area contributed by atoms with Crippen molar-refractivity contribution in [2.75, 3.05) is 13.2 Å². The Bertz CT molecular complexity index is 371. The molecule has 0 aliphatic carbocycles. The van der Waals surface area contributed by atoms with Gasteiger partial charge in [0.25, 0.3) is 0 Å². The Morgan fingerprint density at radius 1 is 1.25 bits per heavy atom. The van der Waals surface area contributed by atoms with Crippen molar-refractivity contribution >= 4 is 11.9 Å². The molecule has 2 heterocycles. The zero-order valence-electron chi connectivity index (χ0n) is 12.0. The van der Waals surface area contributed by atoms with Crippen molar-refractivity contribution in [2.45, 2.75) is 51.4 Å². The fourth-order valence-electron chi connectivity index (χ4n) is 2.97. The molecular formula is C14H23NO5. The molecule has 0 saturated carbocycles. The van der Waals surface area contributed by atoms with Gasteiger partial charge in [-0.15, -0.1) is 0 Å². The van der Waals surface area contributed by atoms with Gasteiger partial charge in [-0.05, 0) is 25.2 Å². The summed E-state index contributed by atoms with van der Waals surface area (Å²) in [6.07, 6.45) is 0.532. The van der Waals surface area contributed by atoms with Gasteiger partial charge in [-0.2, -0.15) is 0 Å². The predicted molar refractivity (Wildman–Crippen MR) is 71.2 cm³/mol. The van der Waals surface area contributed by atoms with Crippen molar-refractivity contribution in [1.29, 1.82) is 0 Å². The number of carbonyl (C=O) groups excluding carboxylic acids is 1. The summed E-state index contributed by atoms with van der Waals surface area (Å²) in [4.78, 5) is 22.8. The highest BCUT2D eigenvalue weighted by atomic mass is 16.5. The topological polar surface area (TPSA) is 84.9 Å². The molecule has 0 aromatic carbocycles. The Morgan fingerprint density at radius 2 is 1.95 bits per heavy atom. The number of carbonyl (C=O) groups is 2. The third-order valence-electron chi connectivity index (χ3n) is 4.05. The monoisotopic (exact) mass is 285 g/mol. The normalized spacial score (nSPS) is 33.5. The highest BCUT2D eigenvalue weighted by Gasteiger charge is 2.36. The first-order chi connectivity index (χ1) is 9.49. The largest absolute Gasteiger partial charge is 0.479 e. The van der Waals surface area contributed by atoms with Crippen LogP contribution < -0.4 is 5.32 Å². The van der Waals surface area contributed by atoms with Gasteiger partial charge in [0.1, 0.15) is 6.10 Å². The smallest absolute Gasteiger partial charge is 0.332 e. The van der Waals surface area contributed by atoms with E-state index in [1.54, 1.807) is 0 Å². The molecule has 2 saturated heterocycles. The standard InChI is InChI=1S/C14H23NO5/c1-8(2)12-9(5-6-19-12)7-15-13(16)10-3-4-11(20-10)14(17)18/h8-12H,3-7H2,1-2H3,(H,15,16)(H,17,18)/t9?,10-,11+,12?/m0/s1. The third-order valence-corrected chi connectivity index (χ3v) is 4.05. The first-order valence-electron chi connectivity index (χ1n) is 7.26. The number of carboxylic acids is 1. The fraction of sp³-hybridized carbons (Fsp3) is 0.857. The Hall–Kier alpha value is -1.14. The fourth-order valence-corrected chi connectivity index (χ4v) is 2.97. The second-order valence-corrected chi connectivity index (χ2v) is 5.90. The highest BCUT2D eigenvalue weighted by molar-refractivity contribution is 5.82. The van der Waals surface area contributed by atoms with Gasteiger partial charge >= 0.3 is 5.97 Å². The Morgan fingerprint density at radius 3 is 2.55 bits per heavy atom. The summed E-state index contributed by atoms with van der Waals surface area (Å²) in [7, 11) is 0. The molecule has 2 aliphatic heterocycles. The van der Waals surface area contributed by atoms with Crippen LogP contribution in [0.4, 0.5) is 0 Å². The van der Waals surface area contributed by atoms with Crippen LogP contribution in [0.5, 0.6) is 0 Å². The van der Waals surface area contributed by atoms with Crippen LogP contribution in [0.15, 0.2) is 0 Å². The zero-order valence-corrected chi connectivity index (χ0v) is 12.0. The quantitative estimate of drug-likeness (QED) is 0.780. The highest BCUT2D eigenvalue weighted by Crippen LogP contribution is 2.26. The van der Waals surface area contributed by atoms with E-state index in [4.69, 9.17) is 14.6 Å². The van der Waals surface area contributed by atoms with E-state index in [0.717, 1.165) is 13.0 Å². The minimum atomic E-state index is -0.996. The van der Waals surface area contributed by atoms with Gasteiger partial charge in [0.15, 0.2) is 6.10 Å². The molecule has 114 valence electrons. The number of amides is 1. The lowest BCUT2D eigenvalue weighted by Crippen LogP contribution is -2.40. The van der Waals surface area contributed by atoms with Crippen LogP contribution in [-0.2, 0) is 19.1 Å². The van der Waals surface area contributed by atoms with Crippen molar-refractivity contribution in [3.8, 4) is 0 Å². The number of nitrogens with one attached hydrogen (secondary N) is 1. The number of carboxylic acid groups (broad SMARTS) is 1. The van der Waals surface area contributed by atoms with E-state index in [1.807, 2.05) is 0 Å². The van der Waals surface area contributed by atoms with E-state index in [-0.39, 0.29) is 12.0 Å². The lowest BCUT2D eigenvalue weighted by Gasteiger charge is -2.22. The van der Waals surface area contributed by atoms with Crippen LogP contribution >= 0.6 is 0 Å². The molecule has 2 unspecified atom stereocenters. The van der Waals surface area contributed by atoms with E-state index in [2.05, 4.69) is 19.2 Å². The van der Waals surface area contributed by atoms with E-state index in [0.29, 0.717) is 31.2 Å². The molecule has 4 atom stereocenters. The number of hydrogen-bond donors (Lipinski definition) is 2. The third kappa shape index (κ3) is 3.49. The van der Waals surface area contributed by atoms with Crippen LogP contribution in [0.2, 0.25) is 0 Å². The maximum atomic E-state index is 12.0. The number of ether oxygens (including phenoxy) is 2.